The van der Waals surface area contributed by atoms with Crippen LogP contribution in [0.1, 0.15) is 145 Å². The molecule has 9 rings (SSSR count). The van der Waals surface area contributed by atoms with Gasteiger partial charge in [0.1, 0.15) is 24.0 Å². The van der Waals surface area contributed by atoms with Crippen LogP contribution in [0.5, 0.6) is 11.5 Å². The fourth-order valence-corrected chi connectivity index (χ4v) is 8.86. The lowest BCUT2D eigenvalue weighted by Gasteiger charge is -2.29. The van der Waals surface area contributed by atoms with Crippen molar-refractivity contribution in [1.82, 2.24) is 9.55 Å². The van der Waals surface area contributed by atoms with Crippen molar-refractivity contribution in [3.05, 3.63) is 167 Å². The van der Waals surface area contributed by atoms with E-state index in [-0.39, 0.29) is 38.6 Å². The second-order valence-corrected chi connectivity index (χ2v) is 19.1. The summed E-state index contributed by atoms with van der Waals surface area (Å²) >= 11 is 0. The molecule has 1 aliphatic rings. The van der Waals surface area contributed by atoms with E-state index in [2.05, 4.69) is 99.9 Å². The van der Waals surface area contributed by atoms with E-state index in [0.29, 0.717) is 29.5 Å². The standard InChI is InChI=1S/C59H64N4O/c1-37(2)41-28-50(38(3)4)57(51(29-41)39(5)6)40-26-27-60-56(30-40)63-52-21-14-13-20-48(52)49-25-24-47(35-55(49)63)64-46-19-17-18-44(34-46)61-36-62(54-23-16-15-22-53(54)61)45-32-42(58(7,8)9)31-43(33-45)59(10,11)12/h13-35,37-39H,36H2,1-12H3/i1D3,3D3,5D3,37D,38D,39D. The number of hydrogen-bond acceptors (Lipinski definition) is 4. The van der Waals surface area contributed by atoms with Crippen LogP contribution in [-0.4, -0.2) is 16.2 Å². The van der Waals surface area contributed by atoms with E-state index in [1.165, 1.54) is 29.5 Å². The second kappa shape index (κ2) is 16.3. The fourth-order valence-electron chi connectivity index (χ4n) is 8.86. The molecule has 8 aromatic rings. The van der Waals surface area contributed by atoms with Gasteiger partial charge in [-0.3, -0.25) is 4.57 Å². The average molecular weight is 857 g/mol. The Morgan fingerprint density at radius 3 is 1.84 bits per heavy atom. The number of benzene rings is 6. The summed E-state index contributed by atoms with van der Waals surface area (Å²) in [6.07, 6.45) is 1.49. The summed E-state index contributed by atoms with van der Waals surface area (Å²) in [4.78, 5) is 9.47. The molecule has 0 saturated carbocycles. The van der Waals surface area contributed by atoms with Crippen molar-refractivity contribution >= 4 is 44.6 Å². The van der Waals surface area contributed by atoms with Crippen molar-refractivity contribution in [2.45, 2.75) is 111 Å². The van der Waals surface area contributed by atoms with E-state index in [4.69, 9.17) is 23.4 Å². The Morgan fingerprint density at radius 2 is 1.19 bits per heavy atom. The molecule has 0 spiro atoms. The van der Waals surface area contributed by atoms with Gasteiger partial charge in [0.25, 0.3) is 0 Å². The number of nitrogens with zero attached hydrogens (tertiary/aromatic N) is 4. The zero-order valence-electron chi connectivity index (χ0n) is 50.2. The van der Waals surface area contributed by atoms with Crippen LogP contribution < -0.4 is 14.5 Å². The minimum atomic E-state index is -3.03. The molecule has 5 heteroatoms. The molecule has 0 aliphatic carbocycles. The van der Waals surface area contributed by atoms with Gasteiger partial charge in [0.05, 0.1) is 22.4 Å². The van der Waals surface area contributed by atoms with E-state index < -0.39 is 38.2 Å². The quantitative estimate of drug-likeness (QED) is 0.145. The summed E-state index contributed by atoms with van der Waals surface area (Å²) in [6, 6.07) is 42.5. The minimum absolute atomic E-state index is 0.0440. The molecule has 0 fully saturated rings. The molecule has 6 aromatic carbocycles. The lowest BCUT2D eigenvalue weighted by molar-refractivity contribution is 0.483. The average Bonchev–Trinajstić information content (AvgIpc) is 3.93. The van der Waals surface area contributed by atoms with Gasteiger partial charge < -0.3 is 14.5 Å². The Kier molecular flexibility index (Phi) is 7.84. The Morgan fingerprint density at radius 1 is 0.578 bits per heavy atom. The molecular weight excluding hydrogens is 781 g/mol. The maximum atomic E-state index is 9.43. The van der Waals surface area contributed by atoms with E-state index >= 15 is 0 Å². The molecule has 3 heterocycles. The number of aromatic nitrogens is 2. The summed E-state index contributed by atoms with van der Waals surface area (Å²) in [5.41, 5.74) is 7.57. The first-order valence-electron chi connectivity index (χ1n) is 27.9. The van der Waals surface area contributed by atoms with Gasteiger partial charge in [0.2, 0.25) is 0 Å². The molecule has 1 aliphatic heterocycles. The molecule has 0 amide bonds. The lowest BCUT2D eigenvalue weighted by Crippen LogP contribution is -2.25. The molecular formula is C59H64N4O. The first-order chi connectivity index (χ1) is 35.1. The van der Waals surface area contributed by atoms with Crippen LogP contribution >= 0.6 is 0 Å². The van der Waals surface area contributed by atoms with Gasteiger partial charge in [-0.25, -0.2) is 4.98 Å². The van der Waals surface area contributed by atoms with Crippen LogP contribution in [0.3, 0.4) is 0 Å². The van der Waals surface area contributed by atoms with E-state index in [9.17, 15) is 2.74 Å². The van der Waals surface area contributed by atoms with Crippen LogP contribution in [0, 0.1) is 0 Å². The largest absolute Gasteiger partial charge is 0.457 e. The van der Waals surface area contributed by atoms with Crippen molar-refractivity contribution in [2.24, 2.45) is 0 Å². The predicted molar refractivity (Wildman–Crippen MR) is 272 cm³/mol. The summed E-state index contributed by atoms with van der Waals surface area (Å²) in [7, 11) is 0. The topological polar surface area (TPSA) is 33.5 Å². The third kappa shape index (κ3) is 7.95. The smallest absolute Gasteiger partial charge is 0.138 e. The first kappa shape index (κ1) is 30.7. The number of ether oxygens (including phenoxy) is 1. The van der Waals surface area contributed by atoms with Gasteiger partial charge in [0, 0.05) is 56.9 Å². The van der Waals surface area contributed by atoms with Gasteiger partial charge in [-0.05, 0) is 134 Å². The molecule has 0 radical (unpaired) electrons. The summed E-state index contributed by atoms with van der Waals surface area (Å²) < 4.78 is 113. The summed E-state index contributed by atoms with van der Waals surface area (Å²) in [6.45, 7) is 8.49. The van der Waals surface area contributed by atoms with Crippen LogP contribution in [0.25, 0.3) is 38.8 Å². The SMILES string of the molecule is [2H]C([2H])([2H])C([2H])(C)c1cc(C([2H])(C)C([2H])([2H])[2H])c(-c2ccnc(-n3c4ccccc4c4ccc(Oc5cccc(N6CN(c7cc(C(C)(C)C)cc(C(C)(C)C)c7)c7ccccc76)c5)cc43)c2)c(C([2H])(C)C([2H])([2H])[2H])c1. The van der Waals surface area contributed by atoms with Crippen molar-refractivity contribution < 1.29 is 21.2 Å². The number of anilines is 4. The van der Waals surface area contributed by atoms with E-state index in [0.717, 1.165) is 59.8 Å². The fraction of sp³-hybridized carbons (Fsp3) is 0.305. The monoisotopic (exact) mass is 857 g/mol. The van der Waals surface area contributed by atoms with E-state index in [1.54, 1.807) is 12.1 Å². The Bertz CT molecular complexity index is 3460. The van der Waals surface area contributed by atoms with Gasteiger partial charge in [-0.2, -0.15) is 0 Å². The maximum absolute atomic E-state index is 9.43. The number of fused-ring (bicyclic) bond motifs is 4. The highest BCUT2D eigenvalue weighted by atomic mass is 16.5. The molecule has 64 heavy (non-hydrogen) atoms. The molecule has 326 valence electrons. The zero-order chi connectivity index (χ0) is 55.5. The molecule has 3 atom stereocenters. The lowest BCUT2D eigenvalue weighted by atomic mass is 9.80. The third-order valence-electron chi connectivity index (χ3n) is 12.4. The van der Waals surface area contributed by atoms with E-state index in [1.807, 2.05) is 65.2 Å². The first-order valence-corrected chi connectivity index (χ1v) is 21.9. The zero-order valence-corrected chi connectivity index (χ0v) is 38.2. The highest BCUT2D eigenvalue weighted by Crippen LogP contribution is 2.47. The van der Waals surface area contributed by atoms with Gasteiger partial charge in [-0.1, -0.05) is 137 Å². The van der Waals surface area contributed by atoms with Gasteiger partial charge in [-0.15, -0.1) is 0 Å². The van der Waals surface area contributed by atoms with Gasteiger partial charge >= 0.3 is 0 Å². The number of hydrogen-bond donors (Lipinski definition) is 0. The Hall–Kier alpha value is -6.33. The molecule has 0 bridgehead atoms. The predicted octanol–water partition coefficient (Wildman–Crippen LogP) is 16.9. The molecule has 5 nitrogen and oxygen atoms in total. The Labute approximate surface area is 398 Å². The number of rotatable bonds is 9. The molecule has 2 aromatic heterocycles. The number of pyridine rings is 1. The van der Waals surface area contributed by atoms with Crippen LogP contribution in [0.15, 0.2) is 140 Å². The highest BCUT2D eigenvalue weighted by Gasteiger charge is 2.30. The van der Waals surface area contributed by atoms with Crippen molar-refractivity contribution in [2.75, 3.05) is 16.5 Å². The summed E-state index contributed by atoms with van der Waals surface area (Å²) in [5, 5.41) is 1.76. The van der Waals surface area contributed by atoms with Crippen LogP contribution in [0.2, 0.25) is 0 Å². The van der Waals surface area contributed by atoms with Crippen LogP contribution in [0.4, 0.5) is 22.7 Å². The second-order valence-electron chi connectivity index (χ2n) is 19.1. The van der Waals surface area contributed by atoms with Crippen molar-refractivity contribution in [3.63, 3.8) is 0 Å². The third-order valence-corrected chi connectivity index (χ3v) is 12.4. The summed E-state index contributed by atoms with van der Waals surface area (Å²) in [5.74, 6) is -5.86. The van der Waals surface area contributed by atoms with Crippen molar-refractivity contribution in [1.29, 1.82) is 0 Å². The van der Waals surface area contributed by atoms with Crippen LogP contribution in [-0.2, 0) is 10.8 Å². The van der Waals surface area contributed by atoms with Gasteiger partial charge in [0.15, 0.2) is 0 Å². The minimum Gasteiger partial charge on any atom is -0.457 e. The molecule has 0 saturated heterocycles. The molecule has 0 N–H and O–H groups in total. The normalized spacial score (nSPS) is 19.4. The Balaban J connectivity index is 1.15. The number of para-hydroxylation sites is 3. The highest BCUT2D eigenvalue weighted by molar-refractivity contribution is 6.09. The maximum Gasteiger partial charge on any atom is 0.138 e. The van der Waals surface area contributed by atoms with Crippen molar-refractivity contribution in [3.8, 4) is 28.4 Å². The molecule has 3 unspecified atom stereocenters.